The van der Waals surface area contributed by atoms with Crippen molar-refractivity contribution in [2.24, 2.45) is 7.05 Å². The maximum atomic E-state index is 11.8. The van der Waals surface area contributed by atoms with Crippen molar-refractivity contribution in [1.29, 1.82) is 0 Å². The first-order valence-electron chi connectivity index (χ1n) is 5.29. The topological polar surface area (TPSA) is 89.0 Å². The number of halogens is 1. The third kappa shape index (κ3) is 2.76. The van der Waals surface area contributed by atoms with Crippen molar-refractivity contribution in [3.8, 4) is 5.75 Å². The lowest BCUT2D eigenvalue weighted by molar-refractivity contribution is 0.101. The van der Waals surface area contributed by atoms with E-state index >= 15 is 0 Å². The first-order chi connectivity index (χ1) is 9.01. The minimum absolute atomic E-state index is 0.0700. The number of aryl methyl sites for hydroxylation is 1. The van der Waals surface area contributed by atoms with E-state index < -0.39 is 11.6 Å². The number of nitrogens with one attached hydrogen (secondary N) is 2. The number of hydrogen-bond acceptors (Lipinski definition) is 4. The normalized spacial score (nSPS) is 10.3. The number of methoxy groups -OCH3 is 1. The summed E-state index contributed by atoms with van der Waals surface area (Å²) in [5.74, 6) is -0.0933. The maximum absolute atomic E-state index is 11.8. The van der Waals surface area contributed by atoms with Crippen LogP contribution in [0, 0.1) is 0 Å². The van der Waals surface area contributed by atoms with Crippen LogP contribution in [0.15, 0.2) is 23.0 Å². The summed E-state index contributed by atoms with van der Waals surface area (Å²) < 4.78 is 6.04. The van der Waals surface area contributed by atoms with E-state index in [4.69, 9.17) is 16.3 Å². The zero-order valence-electron chi connectivity index (χ0n) is 10.2. The van der Waals surface area contributed by atoms with Gasteiger partial charge in [0.15, 0.2) is 0 Å². The van der Waals surface area contributed by atoms with Crippen LogP contribution in [-0.4, -0.2) is 27.8 Å². The maximum Gasteiger partial charge on any atom is 0.343 e. The van der Waals surface area contributed by atoms with Crippen LogP contribution in [0.4, 0.5) is 5.69 Å². The Morgan fingerprint density at radius 2 is 2.26 bits per heavy atom. The number of hydrogen-bond donors (Lipinski definition) is 2. The number of benzene rings is 1. The number of nitrogens with zero attached hydrogens (tertiary/aromatic N) is 2. The number of aromatic nitrogens is 3. The van der Waals surface area contributed by atoms with Crippen molar-refractivity contribution in [3.63, 3.8) is 0 Å². The summed E-state index contributed by atoms with van der Waals surface area (Å²) >= 11 is 5.93. The molecular formula is C11H11ClN4O3. The second-order valence-electron chi connectivity index (χ2n) is 3.71. The Morgan fingerprint density at radius 1 is 1.53 bits per heavy atom. The van der Waals surface area contributed by atoms with Crippen LogP contribution >= 0.6 is 11.6 Å². The van der Waals surface area contributed by atoms with Crippen molar-refractivity contribution >= 4 is 23.2 Å². The van der Waals surface area contributed by atoms with E-state index in [2.05, 4.69) is 15.4 Å². The van der Waals surface area contributed by atoms with Crippen molar-refractivity contribution in [3.05, 3.63) is 39.5 Å². The van der Waals surface area contributed by atoms with Crippen LogP contribution in [0.2, 0.25) is 5.02 Å². The third-order valence-corrected chi connectivity index (χ3v) is 2.69. The average molecular weight is 283 g/mol. The molecule has 0 saturated heterocycles. The van der Waals surface area contributed by atoms with Crippen LogP contribution in [0.25, 0.3) is 0 Å². The molecule has 2 aromatic rings. The van der Waals surface area contributed by atoms with Gasteiger partial charge in [0.05, 0.1) is 12.1 Å². The van der Waals surface area contributed by atoms with E-state index in [-0.39, 0.29) is 5.82 Å². The van der Waals surface area contributed by atoms with E-state index in [9.17, 15) is 9.59 Å². The highest BCUT2D eigenvalue weighted by Crippen LogP contribution is 2.27. The molecule has 0 saturated carbocycles. The Labute approximate surface area is 113 Å². The number of aromatic amines is 1. The summed E-state index contributed by atoms with van der Waals surface area (Å²) in [5, 5.41) is 6.68. The predicted octanol–water partition coefficient (Wildman–Crippen LogP) is 1.02. The fourth-order valence-corrected chi connectivity index (χ4v) is 1.70. The molecule has 2 N–H and O–H groups in total. The second-order valence-corrected chi connectivity index (χ2v) is 4.11. The Balaban J connectivity index is 2.19. The van der Waals surface area contributed by atoms with Gasteiger partial charge in [-0.3, -0.25) is 9.78 Å². The lowest BCUT2D eigenvalue weighted by atomic mass is 10.3. The van der Waals surface area contributed by atoms with Crippen molar-refractivity contribution in [1.82, 2.24) is 14.8 Å². The quantitative estimate of drug-likeness (QED) is 0.880. The molecule has 100 valence electrons. The Kier molecular flexibility index (Phi) is 3.57. The summed E-state index contributed by atoms with van der Waals surface area (Å²) in [7, 11) is 2.94. The average Bonchev–Trinajstić information content (AvgIpc) is 2.70. The van der Waals surface area contributed by atoms with Gasteiger partial charge in [-0.25, -0.2) is 9.48 Å². The van der Waals surface area contributed by atoms with Crippen molar-refractivity contribution in [2.45, 2.75) is 0 Å². The predicted molar refractivity (Wildman–Crippen MR) is 69.8 cm³/mol. The van der Waals surface area contributed by atoms with Crippen LogP contribution in [0.1, 0.15) is 10.6 Å². The summed E-state index contributed by atoms with van der Waals surface area (Å²) in [4.78, 5) is 25.3. The van der Waals surface area contributed by atoms with Gasteiger partial charge in [-0.15, -0.1) is 5.10 Å². The zero-order valence-corrected chi connectivity index (χ0v) is 11.0. The number of ether oxygens (including phenoxy) is 1. The zero-order chi connectivity index (χ0) is 14.0. The molecule has 8 heteroatoms. The lowest BCUT2D eigenvalue weighted by Gasteiger charge is -2.06. The van der Waals surface area contributed by atoms with Crippen LogP contribution < -0.4 is 15.7 Å². The molecule has 1 amide bonds. The third-order valence-electron chi connectivity index (χ3n) is 2.39. The molecule has 0 bridgehead atoms. The first-order valence-corrected chi connectivity index (χ1v) is 5.67. The molecule has 0 unspecified atom stereocenters. The van der Waals surface area contributed by atoms with Crippen LogP contribution in [-0.2, 0) is 7.05 Å². The Hall–Kier alpha value is -2.28. The standard InChI is InChI=1S/C11H11ClN4O3/c1-16-11(18)14-9(15-16)10(17)13-6-3-4-8(19-2)7(12)5-6/h3-5H,1-2H3,(H,13,17)(H,14,15,18). The molecule has 19 heavy (non-hydrogen) atoms. The molecule has 7 nitrogen and oxygen atoms in total. The molecule has 0 aliphatic rings. The summed E-state index contributed by atoms with van der Waals surface area (Å²) in [5.41, 5.74) is 0.0141. The van der Waals surface area contributed by atoms with E-state index in [0.29, 0.717) is 16.5 Å². The van der Waals surface area contributed by atoms with Gasteiger partial charge in [0.1, 0.15) is 5.75 Å². The van der Waals surface area contributed by atoms with E-state index in [0.717, 1.165) is 4.68 Å². The summed E-state index contributed by atoms with van der Waals surface area (Å²) in [6.07, 6.45) is 0. The Morgan fingerprint density at radius 3 is 2.79 bits per heavy atom. The molecule has 0 aliphatic heterocycles. The van der Waals surface area contributed by atoms with Crippen LogP contribution in [0.5, 0.6) is 5.75 Å². The summed E-state index contributed by atoms with van der Waals surface area (Å²) in [6.45, 7) is 0. The molecule has 1 aromatic heterocycles. The lowest BCUT2D eigenvalue weighted by Crippen LogP contribution is -2.15. The van der Waals surface area contributed by atoms with Gasteiger partial charge in [-0.2, -0.15) is 0 Å². The van der Waals surface area contributed by atoms with Gasteiger partial charge < -0.3 is 10.1 Å². The number of carbonyl (C=O) groups is 1. The molecule has 0 fully saturated rings. The van der Waals surface area contributed by atoms with Gasteiger partial charge in [-0.1, -0.05) is 11.6 Å². The SMILES string of the molecule is COc1ccc(NC(=O)c2nn(C)c(=O)[nH]2)cc1Cl. The number of carbonyl (C=O) groups excluding carboxylic acids is 1. The largest absolute Gasteiger partial charge is 0.495 e. The highest BCUT2D eigenvalue weighted by molar-refractivity contribution is 6.32. The van der Waals surface area contributed by atoms with Gasteiger partial charge >= 0.3 is 5.69 Å². The van der Waals surface area contributed by atoms with E-state index in [1.54, 1.807) is 18.2 Å². The summed E-state index contributed by atoms with van der Waals surface area (Å²) in [6, 6.07) is 4.79. The van der Waals surface area contributed by atoms with Gasteiger partial charge in [0.25, 0.3) is 5.91 Å². The molecule has 2 rings (SSSR count). The smallest absolute Gasteiger partial charge is 0.343 e. The van der Waals surface area contributed by atoms with Gasteiger partial charge in [-0.05, 0) is 18.2 Å². The molecule has 1 heterocycles. The molecule has 0 spiro atoms. The monoisotopic (exact) mass is 282 g/mol. The molecular weight excluding hydrogens is 272 g/mol. The second kappa shape index (κ2) is 5.15. The molecule has 0 aliphatic carbocycles. The minimum atomic E-state index is -0.529. The highest BCUT2D eigenvalue weighted by atomic mass is 35.5. The van der Waals surface area contributed by atoms with Gasteiger partial charge in [0, 0.05) is 12.7 Å². The molecule has 1 aromatic carbocycles. The number of H-pyrrole nitrogens is 1. The fourth-order valence-electron chi connectivity index (χ4n) is 1.44. The highest BCUT2D eigenvalue weighted by Gasteiger charge is 2.12. The van der Waals surface area contributed by atoms with Gasteiger partial charge in [0.2, 0.25) is 5.82 Å². The number of anilines is 1. The van der Waals surface area contributed by atoms with Crippen molar-refractivity contribution in [2.75, 3.05) is 12.4 Å². The first kappa shape index (κ1) is 13.2. The van der Waals surface area contributed by atoms with Crippen molar-refractivity contribution < 1.29 is 9.53 Å². The van der Waals surface area contributed by atoms with E-state index in [1.165, 1.54) is 14.2 Å². The minimum Gasteiger partial charge on any atom is -0.495 e. The van der Waals surface area contributed by atoms with E-state index in [1.807, 2.05) is 0 Å². The fraction of sp³-hybridized carbons (Fsp3) is 0.182. The number of rotatable bonds is 3. The number of amides is 1. The molecule has 0 radical (unpaired) electrons. The van der Waals surface area contributed by atoms with Crippen LogP contribution in [0.3, 0.4) is 0 Å². The Bertz CT molecular complexity index is 677. The molecule has 0 atom stereocenters.